The zero-order valence-corrected chi connectivity index (χ0v) is 16.9. The maximum Gasteiger partial charge on any atom is 0.290 e. The van der Waals surface area contributed by atoms with Crippen LogP contribution in [0.15, 0.2) is 53.1 Å². The molecule has 7 nitrogen and oxygen atoms in total. The molecule has 0 unspecified atom stereocenters. The number of rotatable bonds is 10. The molecule has 1 aromatic carbocycles. The summed E-state index contributed by atoms with van der Waals surface area (Å²) in [5.74, 6) is -0.845. The fourth-order valence-corrected chi connectivity index (χ4v) is 3.92. The molecule has 1 aliphatic rings. The lowest BCUT2D eigenvalue weighted by Gasteiger charge is -2.26. The number of hydrogen-bond acceptors (Lipinski definition) is 7. The Morgan fingerprint density at radius 3 is 2.59 bits per heavy atom. The lowest BCUT2D eigenvalue weighted by atomic mass is 9.95. The van der Waals surface area contributed by atoms with Crippen molar-refractivity contribution in [2.24, 2.45) is 0 Å². The predicted molar refractivity (Wildman–Crippen MR) is 108 cm³/mol. The van der Waals surface area contributed by atoms with Gasteiger partial charge in [0.1, 0.15) is 5.75 Å². The van der Waals surface area contributed by atoms with Crippen LogP contribution in [0.1, 0.15) is 28.2 Å². The molecule has 0 saturated carbocycles. The summed E-state index contributed by atoms with van der Waals surface area (Å²) >= 11 is 1.26. The predicted octanol–water partition coefficient (Wildman–Crippen LogP) is 2.73. The summed E-state index contributed by atoms with van der Waals surface area (Å²) in [4.78, 5) is 27.7. The second-order valence-corrected chi connectivity index (χ2v) is 7.26. The number of carbonyl (C=O) groups is 2. The van der Waals surface area contributed by atoms with Crippen LogP contribution < -0.4 is 4.74 Å². The number of amides is 1. The standard InChI is InChI=1S/C21H23NO6S/c1-2-28-15-7-5-14(6-8-15)18-17(19(24)16-4-3-13-29-16)20(25)21(26)22(18)9-11-27-12-10-23/h3-8,13,18,23,25H,2,9-12H2,1H3/t18-/m0/s1. The van der Waals surface area contributed by atoms with E-state index in [1.54, 1.807) is 41.8 Å². The average molecular weight is 417 g/mol. The Morgan fingerprint density at radius 1 is 1.21 bits per heavy atom. The van der Waals surface area contributed by atoms with Crippen LogP contribution in [-0.4, -0.2) is 59.8 Å². The Labute approximate surface area is 172 Å². The van der Waals surface area contributed by atoms with Crippen LogP contribution >= 0.6 is 11.3 Å². The van der Waals surface area contributed by atoms with Gasteiger partial charge in [-0.2, -0.15) is 0 Å². The van der Waals surface area contributed by atoms with Crippen molar-refractivity contribution in [3.63, 3.8) is 0 Å². The highest BCUT2D eigenvalue weighted by Gasteiger charge is 2.43. The van der Waals surface area contributed by atoms with E-state index in [0.717, 1.165) is 0 Å². The number of aliphatic hydroxyl groups excluding tert-OH is 2. The molecule has 2 aromatic rings. The molecule has 1 aromatic heterocycles. The largest absolute Gasteiger partial charge is 0.503 e. The summed E-state index contributed by atoms with van der Waals surface area (Å²) in [5.41, 5.74) is 0.747. The second-order valence-electron chi connectivity index (χ2n) is 6.31. The summed E-state index contributed by atoms with van der Waals surface area (Å²) in [7, 11) is 0. The van der Waals surface area contributed by atoms with E-state index in [9.17, 15) is 14.7 Å². The van der Waals surface area contributed by atoms with Crippen molar-refractivity contribution in [1.29, 1.82) is 0 Å². The van der Waals surface area contributed by atoms with E-state index in [0.29, 0.717) is 22.8 Å². The molecule has 0 aliphatic carbocycles. The van der Waals surface area contributed by atoms with Crippen LogP contribution in [0.3, 0.4) is 0 Å². The summed E-state index contributed by atoms with van der Waals surface area (Å²) in [6.07, 6.45) is 0. The third kappa shape index (κ3) is 4.50. The van der Waals surface area contributed by atoms with Crippen molar-refractivity contribution in [1.82, 2.24) is 4.90 Å². The first-order chi connectivity index (χ1) is 14.1. The molecule has 1 aliphatic heterocycles. The topological polar surface area (TPSA) is 96.3 Å². The molecule has 29 heavy (non-hydrogen) atoms. The second kappa shape index (κ2) is 9.69. The molecule has 2 heterocycles. The smallest absolute Gasteiger partial charge is 0.290 e. The maximum absolute atomic E-state index is 13.1. The van der Waals surface area contributed by atoms with Gasteiger partial charge in [-0.25, -0.2) is 0 Å². The van der Waals surface area contributed by atoms with Crippen molar-refractivity contribution < 1.29 is 29.3 Å². The van der Waals surface area contributed by atoms with E-state index in [-0.39, 0.29) is 37.7 Å². The van der Waals surface area contributed by atoms with Gasteiger partial charge in [-0.1, -0.05) is 18.2 Å². The van der Waals surface area contributed by atoms with Gasteiger partial charge >= 0.3 is 0 Å². The monoisotopic (exact) mass is 417 g/mol. The Morgan fingerprint density at radius 2 is 1.97 bits per heavy atom. The Balaban J connectivity index is 1.95. The number of Topliss-reactive ketones (excluding diaryl/α,β-unsaturated/α-hetero) is 1. The SMILES string of the molecule is CCOc1ccc([C@H]2C(C(=O)c3cccs3)=C(O)C(=O)N2CCOCCO)cc1. The van der Waals surface area contributed by atoms with Crippen molar-refractivity contribution in [3.8, 4) is 5.75 Å². The van der Waals surface area contributed by atoms with Crippen LogP contribution in [0.2, 0.25) is 0 Å². The number of hydrogen-bond donors (Lipinski definition) is 2. The lowest BCUT2D eigenvalue weighted by Crippen LogP contribution is -2.34. The van der Waals surface area contributed by atoms with E-state index in [1.807, 2.05) is 6.92 Å². The van der Waals surface area contributed by atoms with Gasteiger partial charge in [0.05, 0.1) is 42.9 Å². The molecule has 0 bridgehead atoms. The van der Waals surface area contributed by atoms with Crippen LogP contribution in [-0.2, 0) is 9.53 Å². The van der Waals surface area contributed by atoms with Crippen LogP contribution in [0.5, 0.6) is 5.75 Å². The van der Waals surface area contributed by atoms with E-state index >= 15 is 0 Å². The van der Waals surface area contributed by atoms with Gasteiger partial charge in [0, 0.05) is 6.54 Å². The number of ether oxygens (including phenoxy) is 2. The van der Waals surface area contributed by atoms with Crippen molar-refractivity contribution in [2.75, 3.05) is 33.0 Å². The molecule has 154 valence electrons. The van der Waals surface area contributed by atoms with Crippen molar-refractivity contribution in [2.45, 2.75) is 13.0 Å². The molecule has 0 fully saturated rings. The molecule has 0 spiro atoms. The molecule has 0 radical (unpaired) electrons. The molecular weight excluding hydrogens is 394 g/mol. The summed E-state index contributed by atoms with van der Waals surface area (Å²) in [6.45, 7) is 2.78. The highest BCUT2D eigenvalue weighted by molar-refractivity contribution is 7.12. The summed E-state index contributed by atoms with van der Waals surface area (Å²) in [5, 5.41) is 21.2. The number of benzene rings is 1. The molecular formula is C21H23NO6S. The molecule has 8 heteroatoms. The summed E-state index contributed by atoms with van der Waals surface area (Å²) < 4.78 is 10.8. The van der Waals surface area contributed by atoms with Gasteiger partial charge in [-0.15, -0.1) is 11.3 Å². The number of thiophene rings is 1. The first-order valence-electron chi connectivity index (χ1n) is 9.32. The zero-order valence-electron chi connectivity index (χ0n) is 16.0. The Hall–Kier alpha value is -2.68. The Bertz CT molecular complexity index is 875. The highest BCUT2D eigenvalue weighted by Crippen LogP contribution is 2.39. The van der Waals surface area contributed by atoms with Gasteiger partial charge in [-0.3, -0.25) is 9.59 Å². The van der Waals surface area contributed by atoms with Gasteiger partial charge in [-0.05, 0) is 36.1 Å². The van der Waals surface area contributed by atoms with E-state index < -0.39 is 17.7 Å². The van der Waals surface area contributed by atoms with Gasteiger partial charge in [0.2, 0.25) is 5.78 Å². The number of carbonyl (C=O) groups excluding carboxylic acids is 2. The average Bonchev–Trinajstić information content (AvgIpc) is 3.34. The molecule has 3 rings (SSSR count). The van der Waals surface area contributed by atoms with Gasteiger partial charge in [0.25, 0.3) is 5.91 Å². The Kier molecular flexibility index (Phi) is 7.03. The minimum Gasteiger partial charge on any atom is -0.503 e. The third-order valence-electron chi connectivity index (χ3n) is 4.51. The quantitative estimate of drug-likeness (QED) is 0.456. The summed E-state index contributed by atoms with van der Waals surface area (Å²) in [6, 6.07) is 9.79. The fraction of sp³-hybridized carbons (Fsp3) is 0.333. The zero-order chi connectivity index (χ0) is 20.8. The van der Waals surface area contributed by atoms with Crippen LogP contribution in [0.4, 0.5) is 0 Å². The maximum atomic E-state index is 13.1. The highest BCUT2D eigenvalue weighted by atomic mass is 32.1. The normalized spacial score (nSPS) is 16.6. The lowest BCUT2D eigenvalue weighted by molar-refractivity contribution is -0.130. The number of ketones is 1. The first-order valence-corrected chi connectivity index (χ1v) is 10.2. The third-order valence-corrected chi connectivity index (χ3v) is 5.38. The van der Waals surface area contributed by atoms with E-state index in [4.69, 9.17) is 14.6 Å². The van der Waals surface area contributed by atoms with Crippen molar-refractivity contribution in [3.05, 3.63) is 63.6 Å². The van der Waals surface area contributed by atoms with E-state index in [2.05, 4.69) is 0 Å². The van der Waals surface area contributed by atoms with Crippen LogP contribution in [0.25, 0.3) is 0 Å². The van der Waals surface area contributed by atoms with Crippen molar-refractivity contribution >= 4 is 23.0 Å². The van der Waals surface area contributed by atoms with Crippen LogP contribution in [0, 0.1) is 0 Å². The minimum atomic E-state index is -0.731. The molecule has 1 atom stereocenters. The van der Waals surface area contributed by atoms with Gasteiger partial charge in [0.15, 0.2) is 5.76 Å². The van der Waals surface area contributed by atoms with E-state index in [1.165, 1.54) is 16.2 Å². The molecule has 1 amide bonds. The number of aliphatic hydroxyl groups is 2. The first kappa shape index (κ1) is 21.0. The minimum absolute atomic E-state index is 0.0590. The molecule has 2 N–H and O–H groups in total. The van der Waals surface area contributed by atoms with Gasteiger partial charge < -0.3 is 24.6 Å². The fourth-order valence-electron chi connectivity index (χ4n) is 3.25. The molecule has 0 saturated heterocycles. The number of nitrogens with zero attached hydrogens (tertiary/aromatic N) is 1.